The monoisotopic (exact) mass is 250 g/mol. The first-order valence-electron chi connectivity index (χ1n) is 5.16. The summed E-state index contributed by atoms with van der Waals surface area (Å²) in [6, 6.07) is 2.02. The number of nitro groups is 1. The molecule has 8 heteroatoms. The van der Waals surface area contributed by atoms with Crippen molar-refractivity contribution in [1.82, 2.24) is 9.88 Å². The Balaban J connectivity index is 2.08. The molecule has 0 saturated carbocycles. The van der Waals surface area contributed by atoms with Crippen LogP contribution in [0.2, 0.25) is 0 Å². The van der Waals surface area contributed by atoms with E-state index >= 15 is 0 Å². The highest BCUT2D eigenvalue weighted by molar-refractivity contribution is 6.06. The topological polar surface area (TPSA) is 105 Å². The highest BCUT2D eigenvalue weighted by Crippen LogP contribution is 2.17. The third kappa shape index (κ3) is 2.12. The van der Waals surface area contributed by atoms with E-state index in [4.69, 9.17) is 0 Å². The van der Waals surface area contributed by atoms with Gasteiger partial charge < -0.3 is 5.32 Å². The number of rotatable bonds is 3. The van der Waals surface area contributed by atoms with Gasteiger partial charge in [-0.2, -0.15) is 0 Å². The fourth-order valence-corrected chi connectivity index (χ4v) is 1.63. The largest absolute Gasteiger partial charge is 0.358 e. The number of nitrogens with zero attached hydrogens (tertiary/aromatic N) is 3. The molecule has 1 saturated heterocycles. The van der Waals surface area contributed by atoms with Crippen LogP contribution in [0, 0.1) is 10.1 Å². The van der Waals surface area contributed by atoms with Crippen molar-refractivity contribution in [1.29, 1.82) is 0 Å². The van der Waals surface area contributed by atoms with Gasteiger partial charge in [0.25, 0.3) is 11.6 Å². The van der Waals surface area contributed by atoms with Crippen LogP contribution in [0.15, 0.2) is 18.3 Å². The van der Waals surface area contributed by atoms with E-state index in [0.717, 1.165) is 11.1 Å². The minimum absolute atomic E-state index is 0.0635. The standard InChI is InChI=1S/C10H10N4O4/c1-13-9(15)4-7(10(13)16)12-8-3-2-6(5-11-8)14(17)18/h2-3,5,7H,4H2,1H3,(H,11,12). The van der Waals surface area contributed by atoms with E-state index in [-0.39, 0.29) is 23.9 Å². The molecule has 1 N–H and O–H groups in total. The lowest BCUT2D eigenvalue weighted by atomic mass is 10.2. The summed E-state index contributed by atoms with van der Waals surface area (Å²) in [5.74, 6) is -0.276. The van der Waals surface area contributed by atoms with Gasteiger partial charge in [0.15, 0.2) is 0 Å². The molecule has 1 aromatic rings. The Morgan fingerprint density at radius 3 is 2.67 bits per heavy atom. The average Bonchev–Trinajstić information content (AvgIpc) is 2.58. The number of likely N-dealkylation sites (N-methyl/N-ethyl adjacent to an activating group) is 1. The number of carbonyl (C=O) groups excluding carboxylic acids is 2. The summed E-state index contributed by atoms with van der Waals surface area (Å²) in [6.07, 6.45) is 1.15. The van der Waals surface area contributed by atoms with E-state index in [2.05, 4.69) is 10.3 Å². The normalized spacial score (nSPS) is 19.2. The van der Waals surface area contributed by atoms with Crippen molar-refractivity contribution < 1.29 is 14.5 Å². The van der Waals surface area contributed by atoms with Crippen molar-refractivity contribution >= 4 is 23.3 Å². The molecule has 2 rings (SSSR count). The molecule has 1 unspecified atom stereocenters. The smallest absolute Gasteiger partial charge is 0.287 e. The van der Waals surface area contributed by atoms with Gasteiger partial charge >= 0.3 is 0 Å². The van der Waals surface area contributed by atoms with Gasteiger partial charge in [0.05, 0.1) is 11.3 Å². The molecule has 0 spiro atoms. The first-order valence-corrected chi connectivity index (χ1v) is 5.16. The Morgan fingerprint density at radius 2 is 2.22 bits per heavy atom. The van der Waals surface area contributed by atoms with Crippen molar-refractivity contribution in [2.75, 3.05) is 12.4 Å². The fraction of sp³-hybridized carbons (Fsp3) is 0.300. The van der Waals surface area contributed by atoms with Crippen LogP contribution in [-0.4, -0.2) is 39.7 Å². The first kappa shape index (κ1) is 12.0. The minimum Gasteiger partial charge on any atom is -0.358 e. The molecule has 18 heavy (non-hydrogen) atoms. The average molecular weight is 250 g/mol. The van der Waals surface area contributed by atoms with Crippen LogP contribution in [0.1, 0.15) is 6.42 Å². The number of aromatic nitrogens is 1. The maximum Gasteiger partial charge on any atom is 0.287 e. The number of hydrogen-bond acceptors (Lipinski definition) is 6. The molecule has 94 valence electrons. The van der Waals surface area contributed by atoms with Gasteiger partial charge in [0, 0.05) is 13.1 Å². The zero-order valence-corrected chi connectivity index (χ0v) is 9.49. The van der Waals surface area contributed by atoms with E-state index in [1.54, 1.807) is 0 Å². The second-order valence-corrected chi connectivity index (χ2v) is 3.85. The van der Waals surface area contributed by atoms with Crippen LogP contribution >= 0.6 is 0 Å². The Kier molecular flexibility index (Phi) is 2.92. The van der Waals surface area contributed by atoms with Crippen LogP contribution < -0.4 is 5.32 Å². The number of pyridine rings is 1. The molecular formula is C10H10N4O4. The number of hydrogen-bond donors (Lipinski definition) is 1. The lowest BCUT2D eigenvalue weighted by molar-refractivity contribution is -0.385. The quantitative estimate of drug-likeness (QED) is 0.465. The Morgan fingerprint density at radius 1 is 1.50 bits per heavy atom. The van der Waals surface area contributed by atoms with Crippen LogP contribution in [0.4, 0.5) is 11.5 Å². The summed E-state index contributed by atoms with van der Waals surface area (Å²) in [5.41, 5.74) is -0.133. The van der Waals surface area contributed by atoms with Gasteiger partial charge in [-0.25, -0.2) is 4.98 Å². The van der Waals surface area contributed by atoms with E-state index in [9.17, 15) is 19.7 Å². The molecule has 1 aliphatic rings. The number of amides is 2. The number of carbonyl (C=O) groups is 2. The van der Waals surface area contributed by atoms with Crippen LogP contribution in [0.3, 0.4) is 0 Å². The van der Waals surface area contributed by atoms with Crippen LogP contribution in [-0.2, 0) is 9.59 Å². The molecule has 1 atom stereocenters. The molecule has 0 bridgehead atoms. The predicted octanol–water partition coefficient (Wildman–Crippen LogP) is 0.159. The van der Waals surface area contributed by atoms with E-state index in [1.165, 1.54) is 19.2 Å². The zero-order valence-electron chi connectivity index (χ0n) is 9.49. The number of imide groups is 1. The van der Waals surface area contributed by atoms with Crippen molar-refractivity contribution in [3.63, 3.8) is 0 Å². The second-order valence-electron chi connectivity index (χ2n) is 3.85. The summed E-state index contributed by atoms with van der Waals surface area (Å²) in [4.78, 5) is 37.6. The summed E-state index contributed by atoms with van der Waals surface area (Å²) < 4.78 is 0. The van der Waals surface area contributed by atoms with Gasteiger partial charge in [0.2, 0.25) is 5.91 Å². The lowest BCUT2D eigenvalue weighted by Gasteiger charge is -2.10. The summed E-state index contributed by atoms with van der Waals surface area (Å²) in [5, 5.41) is 13.2. The molecule has 8 nitrogen and oxygen atoms in total. The van der Waals surface area contributed by atoms with Crippen LogP contribution in [0.25, 0.3) is 0 Å². The predicted molar refractivity (Wildman–Crippen MR) is 60.7 cm³/mol. The highest BCUT2D eigenvalue weighted by Gasteiger charge is 2.36. The summed E-state index contributed by atoms with van der Waals surface area (Å²) in [7, 11) is 1.41. The molecule has 1 fully saturated rings. The molecular weight excluding hydrogens is 240 g/mol. The van der Waals surface area contributed by atoms with Gasteiger partial charge in [-0.1, -0.05) is 0 Å². The van der Waals surface area contributed by atoms with Crippen molar-refractivity contribution in [3.05, 3.63) is 28.4 Å². The molecule has 1 aromatic heterocycles. The van der Waals surface area contributed by atoms with Gasteiger partial charge in [-0.15, -0.1) is 0 Å². The van der Waals surface area contributed by atoms with E-state index in [0.29, 0.717) is 5.82 Å². The van der Waals surface area contributed by atoms with Gasteiger partial charge in [0.1, 0.15) is 18.1 Å². The van der Waals surface area contributed by atoms with Gasteiger partial charge in [-0.05, 0) is 6.07 Å². The highest BCUT2D eigenvalue weighted by atomic mass is 16.6. The Hall–Kier alpha value is -2.51. The maximum absolute atomic E-state index is 11.6. The molecule has 1 aliphatic heterocycles. The van der Waals surface area contributed by atoms with Crippen molar-refractivity contribution in [2.24, 2.45) is 0 Å². The maximum atomic E-state index is 11.6. The molecule has 0 aromatic carbocycles. The first-order chi connectivity index (χ1) is 8.49. The molecule has 0 radical (unpaired) electrons. The molecule has 2 heterocycles. The molecule has 2 amide bonds. The Labute approximate surface area is 102 Å². The number of anilines is 1. The van der Waals surface area contributed by atoms with Gasteiger partial charge in [-0.3, -0.25) is 24.6 Å². The third-order valence-corrected chi connectivity index (χ3v) is 2.66. The van der Waals surface area contributed by atoms with Crippen LogP contribution in [0.5, 0.6) is 0 Å². The fourth-order valence-electron chi connectivity index (χ4n) is 1.63. The third-order valence-electron chi connectivity index (χ3n) is 2.66. The van der Waals surface area contributed by atoms with E-state index in [1.807, 2.05) is 0 Å². The lowest BCUT2D eigenvalue weighted by Crippen LogP contribution is -2.32. The summed E-state index contributed by atoms with van der Waals surface area (Å²) >= 11 is 0. The second kappa shape index (κ2) is 4.40. The summed E-state index contributed by atoms with van der Waals surface area (Å²) in [6.45, 7) is 0. The van der Waals surface area contributed by atoms with Crippen molar-refractivity contribution in [3.8, 4) is 0 Å². The Bertz CT molecular complexity index is 513. The number of nitrogens with one attached hydrogen (secondary N) is 1. The number of likely N-dealkylation sites (tertiary alicyclic amines) is 1. The van der Waals surface area contributed by atoms with Crippen molar-refractivity contribution in [2.45, 2.75) is 12.5 Å². The zero-order chi connectivity index (χ0) is 13.3. The minimum atomic E-state index is -0.656. The molecule has 0 aliphatic carbocycles. The van der Waals surface area contributed by atoms with E-state index < -0.39 is 11.0 Å². The SMILES string of the molecule is CN1C(=O)CC(Nc2ccc([N+](=O)[O-])cn2)C1=O.